The molecule has 0 saturated heterocycles. The average Bonchev–Trinajstić information content (AvgIpc) is 2.22. The molecular weight excluding hydrogens is 252 g/mol. The van der Waals surface area contributed by atoms with Crippen LogP contribution in [0.1, 0.15) is 40.5 Å². The Labute approximate surface area is 111 Å². The first-order valence-electron chi connectivity index (χ1n) is 6.30. The summed E-state index contributed by atoms with van der Waals surface area (Å²) in [4.78, 5) is 11.8. The van der Waals surface area contributed by atoms with Crippen LogP contribution in [0.2, 0.25) is 0 Å². The molecule has 18 heavy (non-hydrogen) atoms. The van der Waals surface area contributed by atoms with Crippen LogP contribution in [0.5, 0.6) is 0 Å². The molecule has 0 bridgehead atoms. The lowest BCUT2D eigenvalue weighted by atomic mass is 10.0. The number of nitrogens with one attached hydrogen (secondary N) is 2. The molecule has 1 amide bonds. The molecule has 0 aromatic heterocycles. The first-order valence-corrected chi connectivity index (χ1v) is 8.36. The van der Waals surface area contributed by atoms with Crippen LogP contribution < -0.4 is 10.6 Å². The predicted molar refractivity (Wildman–Crippen MR) is 74.3 cm³/mol. The fourth-order valence-corrected chi connectivity index (χ4v) is 1.94. The second-order valence-corrected chi connectivity index (χ2v) is 7.65. The van der Waals surface area contributed by atoms with Crippen molar-refractivity contribution in [2.24, 2.45) is 0 Å². The number of hydrogen-bond acceptors (Lipinski definition) is 4. The summed E-state index contributed by atoms with van der Waals surface area (Å²) in [6, 6.07) is -0.310. The van der Waals surface area contributed by atoms with Gasteiger partial charge < -0.3 is 10.6 Å². The normalized spacial score (nSPS) is 14.3. The van der Waals surface area contributed by atoms with Crippen LogP contribution in [0.3, 0.4) is 0 Å². The predicted octanol–water partition coefficient (Wildman–Crippen LogP) is 0.704. The number of sulfone groups is 1. The lowest BCUT2D eigenvalue weighted by Gasteiger charge is -2.26. The van der Waals surface area contributed by atoms with E-state index in [0.29, 0.717) is 13.0 Å². The highest BCUT2D eigenvalue weighted by molar-refractivity contribution is 7.90. The second-order valence-electron chi connectivity index (χ2n) is 5.39. The minimum absolute atomic E-state index is 0.0544. The van der Waals surface area contributed by atoms with Gasteiger partial charge in [-0.3, -0.25) is 4.79 Å². The largest absolute Gasteiger partial charge is 0.350 e. The summed E-state index contributed by atoms with van der Waals surface area (Å²) in [5.41, 5.74) is -0.209. The first-order chi connectivity index (χ1) is 8.07. The van der Waals surface area contributed by atoms with E-state index in [4.69, 9.17) is 0 Å². The number of carbonyl (C=O) groups excluding carboxylic acids is 1. The van der Waals surface area contributed by atoms with E-state index in [0.717, 1.165) is 6.42 Å². The Morgan fingerprint density at radius 1 is 1.33 bits per heavy atom. The van der Waals surface area contributed by atoms with Crippen molar-refractivity contribution in [2.75, 3.05) is 18.6 Å². The van der Waals surface area contributed by atoms with E-state index in [1.807, 2.05) is 20.8 Å². The van der Waals surface area contributed by atoms with E-state index in [1.165, 1.54) is 6.26 Å². The van der Waals surface area contributed by atoms with Gasteiger partial charge in [0.05, 0.1) is 11.8 Å². The van der Waals surface area contributed by atoms with E-state index in [-0.39, 0.29) is 23.2 Å². The van der Waals surface area contributed by atoms with E-state index < -0.39 is 9.84 Å². The molecule has 5 nitrogen and oxygen atoms in total. The smallest absolute Gasteiger partial charge is 0.237 e. The third kappa shape index (κ3) is 8.47. The fraction of sp³-hybridized carbons (Fsp3) is 0.917. The summed E-state index contributed by atoms with van der Waals surface area (Å²) >= 11 is 0. The standard InChI is InChI=1S/C12H26N2O3S/c1-6-12(3,4)14-11(15)10(2)13-8-7-9-18(5,16)17/h10,13H,6-9H2,1-5H3,(H,14,15). The van der Waals surface area contributed by atoms with Gasteiger partial charge in [-0.05, 0) is 40.2 Å². The number of amides is 1. The van der Waals surface area contributed by atoms with Crippen molar-refractivity contribution in [3.05, 3.63) is 0 Å². The summed E-state index contributed by atoms with van der Waals surface area (Å²) in [6.07, 6.45) is 2.60. The molecule has 0 spiro atoms. The minimum Gasteiger partial charge on any atom is -0.350 e. The van der Waals surface area contributed by atoms with Crippen molar-refractivity contribution in [1.82, 2.24) is 10.6 Å². The van der Waals surface area contributed by atoms with Gasteiger partial charge in [-0.2, -0.15) is 0 Å². The molecule has 0 heterocycles. The zero-order valence-electron chi connectivity index (χ0n) is 12.0. The minimum atomic E-state index is -2.92. The lowest BCUT2D eigenvalue weighted by Crippen LogP contribution is -2.50. The molecule has 1 atom stereocenters. The van der Waals surface area contributed by atoms with E-state index >= 15 is 0 Å². The molecule has 108 valence electrons. The third-order valence-electron chi connectivity index (χ3n) is 2.88. The van der Waals surface area contributed by atoms with E-state index in [9.17, 15) is 13.2 Å². The van der Waals surface area contributed by atoms with Crippen molar-refractivity contribution in [3.8, 4) is 0 Å². The molecule has 2 N–H and O–H groups in total. The second kappa shape index (κ2) is 7.09. The van der Waals surface area contributed by atoms with Crippen LogP contribution in [0, 0.1) is 0 Å². The first kappa shape index (κ1) is 17.4. The quantitative estimate of drug-likeness (QED) is 0.641. The topological polar surface area (TPSA) is 75.3 Å². The molecule has 0 aliphatic heterocycles. The maximum Gasteiger partial charge on any atom is 0.237 e. The molecule has 6 heteroatoms. The highest BCUT2D eigenvalue weighted by Crippen LogP contribution is 2.06. The SMILES string of the molecule is CCC(C)(C)NC(=O)C(C)NCCCS(C)(=O)=O. The molecule has 0 aliphatic carbocycles. The van der Waals surface area contributed by atoms with Crippen LogP contribution in [-0.4, -0.2) is 44.5 Å². The van der Waals surface area contributed by atoms with Crippen LogP contribution in [0.4, 0.5) is 0 Å². The van der Waals surface area contributed by atoms with Crippen molar-refractivity contribution in [1.29, 1.82) is 0 Å². The summed E-state index contributed by atoms with van der Waals surface area (Å²) in [5, 5.41) is 5.97. The van der Waals surface area contributed by atoms with Gasteiger partial charge in [0, 0.05) is 11.8 Å². The molecule has 0 aromatic carbocycles. The Hall–Kier alpha value is -0.620. The summed E-state index contributed by atoms with van der Waals surface area (Å²) in [7, 11) is -2.92. The fourth-order valence-electron chi connectivity index (χ4n) is 1.28. The summed E-state index contributed by atoms with van der Waals surface area (Å²) in [6.45, 7) is 8.27. The lowest BCUT2D eigenvalue weighted by molar-refractivity contribution is -0.124. The summed E-state index contributed by atoms with van der Waals surface area (Å²) < 4.78 is 21.9. The Morgan fingerprint density at radius 3 is 2.33 bits per heavy atom. The van der Waals surface area contributed by atoms with Crippen LogP contribution in [0.25, 0.3) is 0 Å². The molecule has 0 saturated carbocycles. The van der Waals surface area contributed by atoms with Gasteiger partial charge in [0.25, 0.3) is 0 Å². The molecule has 0 fully saturated rings. The molecule has 0 aromatic rings. The zero-order chi connectivity index (χ0) is 14.4. The van der Waals surface area contributed by atoms with Crippen molar-refractivity contribution in [2.45, 2.75) is 52.1 Å². The van der Waals surface area contributed by atoms with E-state index in [2.05, 4.69) is 10.6 Å². The maximum atomic E-state index is 11.8. The Balaban J connectivity index is 3.96. The molecule has 1 unspecified atom stereocenters. The van der Waals surface area contributed by atoms with Gasteiger partial charge in [-0.1, -0.05) is 6.92 Å². The zero-order valence-corrected chi connectivity index (χ0v) is 12.9. The maximum absolute atomic E-state index is 11.8. The third-order valence-corrected chi connectivity index (χ3v) is 3.91. The van der Waals surface area contributed by atoms with Gasteiger partial charge in [-0.15, -0.1) is 0 Å². The summed E-state index contributed by atoms with van der Waals surface area (Å²) in [5.74, 6) is 0.0932. The molecular formula is C12H26N2O3S. The van der Waals surface area contributed by atoms with Crippen molar-refractivity contribution in [3.63, 3.8) is 0 Å². The highest BCUT2D eigenvalue weighted by atomic mass is 32.2. The van der Waals surface area contributed by atoms with Crippen LogP contribution >= 0.6 is 0 Å². The van der Waals surface area contributed by atoms with Crippen LogP contribution in [-0.2, 0) is 14.6 Å². The van der Waals surface area contributed by atoms with Gasteiger partial charge >= 0.3 is 0 Å². The molecule has 0 radical (unpaired) electrons. The number of carbonyl (C=O) groups is 1. The van der Waals surface area contributed by atoms with Gasteiger partial charge in [0.2, 0.25) is 5.91 Å². The van der Waals surface area contributed by atoms with E-state index in [1.54, 1.807) is 6.92 Å². The van der Waals surface area contributed by atoms with Gasteiger partial charge in [0.1, 0.15) is 9.84 Å². The number of rotatable bonds is 8. The van der Waals surface area contributed by atoms with Gasteiger partial charge in [0.15, 0.2) is 0 Å². The highest BCUT2D eigenvalue weighted by Gasteiger charge is 2.21. The monoisotopic (exact) mass is 278 g/mol. The average molecular weight is 278 g/mol. The van der Waals surface area contributed by atoms with Gasteiger partial charge in [-0.25, -0.2) is 8.42 Å². The molecule has 0 rings (SSSR count). The Bertz CT molecular complexity index is 364. The Kier molecular flexibility index (Phi) is 6.84. The Morgan fingerprint density at radius 2 is 1.89 bits per heavy atom. The molecule has 0 aliphatic rings. The van der Waals surface area contributed by atoms with Crippen molar-refractivity contribution >= 4 is 15.7 Å². The van der Waals surface area contributed by atoms with Crippen molar-refractivity contribution < 1.29 is 13.2 Å². The van der Waals surface area contributed by atoms with Crippen LogP contribution in [0.15, 0.2) is 0 Å². The number of hydrogen-bond donors (Lipinski definition) is 2.